The van der Waals surface area contributed by atoms with Gasteiger partial charge in [-0.3, -0.25) is 4.79 Å². The molecule has 0 amide bonds. The maximum Gasteiger partial charge on any atom is 0.332 e. The fourth-order valence-electron chi connectivity index (χ4n) is 2.92. The van der Waals surface area contributed by atoms with Crippen molar-refractivity contribution in [2.24, 2.45) is 0 Å². The Morgan fingerprint density at radius 1 is 1.04 bits per heavy atom. The molecule has 27 heavy (non-hydrogen) atoms. The molecular formula is C23H22O3S. The van der Waals surface area contributed by atoms with Crippen LogP contribution in [0.3, 0.4) is 0 Å². The van der Waals surface area contributed by atoms with E-state index < -0.39 is 5.97 Å². The fraction of sp³-hybridized carbons (Fsp3) is 0.217. The topological polar surface area (TPSA) is 54.4 Å². The Kier molecular flexibility index (Phi) is 5.29. The molecule has 0 bridgehead atoms. The molecular weight excluding hydrogens is 356 g/mol. The highest BCUT2D eigenvalue weighted by molar-refractivity contribution is 7.17. The molecule has 3 rings (SSSR count). The molecule has 0 saturated heterocycles. The van der Waals surface area contributed by atoms with Crippen LogP contribution >= 0.6 is 11.3 Å². The van der Waals surface area contributed by atoms with Gasteiger partial charge in [-0.1, -0.05) is 63.2 Å². The minimum Gasteiger partial charge on any atom is -0.478 e. The molecule has 3 aromatic rings. The largest absolute Gasteiger partial charge is 0.478 e. The summed E-state index contributed by atoms with van der Waals surface area (Å²) in [6, 6.07) is 15.3. The van der Waals surface area contributed by atoms with E-state index in [2.05, 4.69) is 20.8 Å². The standard InChI is InChI=1S/C23H22O3S/c1-23(2,3)18-10-8-15(9-11-18)20(24)13-16(22(25)26)12-17-14-27-21-7-5-4-6-19(17)21/h4-12,14H,13H2,1-3H3,(H,25,26). The van der Waals surface area contributed by atoms with Crippen molar-refractivity contribution in [1.29, 1.82) is 0 Å². The monoisotopic (exact) mass is 378 g/mol. The predicted molar refractivity (Wildman–Crippen MR) is 112 cm³/mol. The number of ketones is 1. The van der Waals surface area contributed by atoms with Crippen molar-refractivity contribution in [2.75, 3.05) is 0 Å². The summed E-state index contributed by atoms with van der Waals surface area (Å²) in [6.45, 7) is 6.33. The Morgan fingerprint density at radius 2 is 1.70 bits per heavy atom. The summed E-state index contributed by atoms with van der Waals surface area (Å²) in [5.74, 6) is -1.26. The van der Waals surface area contributed by atoms with Gasteiger partial charge in [0, 0.05) is 22.3 Å². The summed E-state index contributed by atoms with van der Waals surface area (Å²) in [4.78, 5) is 24.3. The lowest BCUT2D eigenvalue weighted by molar-refractivity contribution is -0.132. The van der Waals surface area contributed by atoms with Gasteiger partial charge in [0.25, 0.3) is 0 Å². The number of hydrogen-bond donors (Lipinski definition) is 1. The van der Waals surface area contributed by atoms with E-state index in [0.717, 1.165) is 21.2 Å². The van der Waals surface area contributed by atoms with Crippen molar-refractivity contribution in [3.05, 3.63) is 76.2 Å². The van der Waals surface area contributed by atoms with Crippen molar-refractivity contribution in [3.63, 3.8) is 0 Å². The molecule has 3 nitrogen and oxygen atoms in total. The lowest BCUT2D eigenvalue weighted by Gasteiger charge is -2.19. The van der Waals surface area contributed by atoms with Crippen molar-refractivity contribution in [1.82, 2.24) is 0 Å². The Labute approximate surface area is 163 Å². The minimum absolute atomic E-state index is 0.00765. The van der Waals surface area contributed by atoms with Gasteiger partial charge >= 0.3 is 5.97 Å². The molecule has 0 aliphatic carbocycles. The molecule has 0 aliphatic heterocycles. The van der Waals surface area contributed by atoms with Crippen LogP contribution in [0.15, 0.2) is 59.5 Å². The number of aliphatic carboxylic acids is 1. The van der Waals surface area contributed by atoms with Crippen LogP contribution in [0.2, 0.25) is 0 Å². The van der Waals surface area contributed by atoms with Crippen molar-refractivity contribution < 1.29 is 14.7 Å². The second-order valence-corrected chi connectivity index (χ2v) is 8.50. The van der Waals surface area contributed by atoms with E-state index >= 15 is 0 Å². The number of fused-ring (bicyclic) bond motifs is 1. The Hall–Kier alpha value is -2.72. The molecule has 0 spiro atoms. The predicted octanol–water partition coefficient (Wildman–Crippen LogP) is 5.94. The van der Waals surface area contributed by atoms with Crippen LogP contribution in [0.25, 0.3) is 16.2 Å². The van der Waals surface area contributed by atoms with Crippen LogP contribution in [0.1, 0.15) is 48.7 Å². The molecule has 0 fully saturated rings. The quantitative estimate of drug-likeness (QED) is 0.441. The Balaban J connectivity index is 1.86. The van der Waals surface area contributed by atoms with Crippen LogP contribution in [-0.4, -0.2) is 16.9 Å². The Bertz CT molecular complexity index is 1020. The first kappa shape index (κ1) is 19.1. The normalized spacial score (nSPS) is 12.3. The second-order valence-electron chi connectivity index (χ2n) is 7.59. The van der Waals surface area contributed by atoms with Crippen LogP contribution in [0.5, 0.6) is 0 Å². The average Bonchev–Trinajstić information content (AvgIpc) is 3.03. The van der Waals surface area contributed by atoms with E-state index in [1.54, 1.807) is 29.5 Å². The van der Waals surface area contributed by atoms with E-state index in [1.165, 1.54) is 0 Å². The highest BCUT2D eigenvalue weighted by Gasteiger charge is 2.17. The number of carbonyl (C=O) groups is 2. The molecule has 0 radical (unpaired) electrons. The summed E-state index contributed by atoms with van der Waals surface area (Å²) in [6.07, 6.45) is 1.48. The summed E-state index contributed by atoms with van der Waals surface area (Å²) in [5, 5.41) is 12.5. The maximum atomic E-state index is 12.6. The van der Waals surface area contributed by atoms with Crippen LogP contribution in [0, 0.1) is 0 Å². The molecule has 2 aromatic carbocycles. The lowest BCUT2D eigenvalue weighted by atomic mass is 9.86. The number of benzene rings is 2. The van der Waals surface area contributed by atoms with Gasteiger partial charge in [-0.25, -0.2) is 4.79 Å². The van der Waals surface area contributed by atoms with Gasteiger partial charge in [-0.2, -0.15) is 0 Å². The third-order valence-electron chi connectivity index (χ3n) is 4.54. The molecule has 138 valence electrons. The number of carbonyl (C=O) groups excluding carboxylic acids is 1. The van der Waals surface area contributed by atoms with E-state index in [1.807, 2.05) is 41.8 Å². The Morgan fingerprint density at radius 3 is 2.33 bits per heavy atom. The zero-order valence-corrected chi connectivity index (χ0v) is 16.5. The molecule has 0 saturated carbocycles. The van der Waals surface area contributed by atoms with Crippen molar-refractivity contribution in [3.8, 4) is 0 Å². The molecule has 0 atom stereocenters. The zero-order valence-electron chi connectivity index (χ0n) is 15.7. The van der Waals surface area contributed by atoms with E-state index in [0.29, 0.717) is 5.56 Å². The smallest absolute Gasteiger partial charge is 0.332 e. The number of hydrogen-bond acceptors (Lipinski definition) is 3. The second kappa shape index (κ2) is 7.49. The van der Waals surface area contributed by atoms with E-state index in [-0.39, 0.29) is 23.2 Å². The molecule has 1 aromatic heterocycles. The van der Waals surface area contributed by atoms with Gasteiger partial charge < -0.3 is 5.11 Å². The third-order valence-corrected chi connectivity index (χ3v) is 5.52. The first-order valence-corrected chi connectivity index (χ1v) is 9.67. The minimum atomic E-state index is -1.06. The van der Waals surface area contributed by atoms with E-state index in [9.17, 15) is 14.7 Å². The van der Waals surface area contributed by atoms with E-state index in [4.69, 9.17) is 0 Å². The number of thiophene rings is 1. The van der Waals surface area contributed by atoms with Gasteiger partial charge in [0.15, 0.2) is 5.78 Å². The van der Waals surface area contributed by atoms with Gasteiger partial charge in [0.2, 0.25) is 0 Å². The average molecular weight is 378 g/mol. The van der Waals surface area contributed by atoms with Crippen molar-refractivity contribution >= 4 is 39.3 Å². The maximum absolute atomic E-state index is 12.6. The molecule has 4 heteroatoms. The molecule has 1 heterocycles. The SMILES string of the molecule is CC(C)(C)c1ccc(C(=O)CC(=Cc2csc3ccccc23)C(=O)O)cc1. The molecule has 0 unspecified atom stereocenters. The summed E-state index contributed by atoms with van der Waals surface area (Å²) in [7, 11) is 0. The van der Waals surface area contributed by atoms with Gasteiger partial charge in [-0.05, 0) is 39.5 Å². The number of carboxylic acid groups (broad SMARTS) is 1. The number of Topliss-reactive ketones (excluding diaryl/α,β-unsaturated/α-hetero) is 1. The highest BCUT2D eigenvalue weighted by Crippen LogP contribution is 2.28. The number of rotatable bonds is 5. The van der Waals surface area contributed by atoms with Crippen LogP contribution in [0.4, 0.5) is 0 Å². The summed E-state index contributed by atoms with van der Waals surface area (Å²) < 4.78 is 1.09. The van der Waals surface area contributed by atoms with Gasteiger partial charge in [0.05, 0.1) is 0 Å². The zero-order chi connectivity index (χ0) is 19.6. The van der Waals surface area contributed by atoms with Crippen molar-refractivity contribution in [2.45, 2.75) is 32.6 Å². The van der Waals surface area contributed by atoms with Gasteiger partial charge in [0.1, 0.15) is 0 Å². The summed E-state index contributed by atoms with van der Waals surface area (Å²) >= 11 is 1.56. The molecule has 1 N–H and O–H groups in total. The summed E-state index contributed by atoms with van der Waals surface area (Å²) in [5.41, 5.74) is 2.61. The van der Waals surface area contributed by atoms with Crippen LogP contribution < -0.4 is 0 Å². The first-order valence-electron chi connectivity index (χ1n) is 8.79. The number of carboxylic acids is 1. The van der Waals surface area contributed by atoms with Gasteiger partial charge in [-0.15, -0.1) is 11.3 Å². The third kappa shape index (κ3) is 4.34. The fourth-order valence-corrected chi connectivity index (χ4v) is 3.84. The highest BCUT2D eigenvalue weighted by atomic mass is 32.1. The lowest BCUT2D eigenvalue weighted by Crippen LogP contribution is -2.12. The first-order chi connectivity index (χ1) is 12.8. The molecule has 0 aliphatic rings. The van der Waals surface area contributed by atoms with Crippen LogP contribution in [-0.2, 0) is 10.2 Å².